The van der Waals surface area contributed by atoms with Gasteiger partial charge >= 0.3 is 0 Å². The average molecular weight is 229 g/mol. The molecule has 0 fully saturated rings. The fourth-order valence-electron chi connectivity index (χ4n) is 1.13. The van der Waals surface area contributed by atoms with Gasteiger partial charge in [0.05, 0.1) is 5.25 Å². The van der Waals surface area contributed by atoms with E-state index < -0.39 is 15.3 Å². The molecule has 84 valence electrons. The maximum absolute atomic E-state index is 11.1. The molecule has 0 aliphatic heterocycles. The molecule has 0 saturated carbocycles. The van der Waals surface area contributed by atoms with E-state index in [1.807, 2.05) is 6.92 Å². The predicted octanol–water partition coefficient (Wildman–Crippen LogP) is 0.566. The second kappa shape index (κ2) is 4.24. The number of rotatable bonds is 3. The summed E-state index contributed by atoms with van der Waals surface area (Å²) in [6.07, 6.45) is 3.32. The average Bonchev–Trinajstić information content (AvgIpc) is 2.15. The molecular formula is C9H15N3O2S. The first kappa shape index (κ1) is 12.1. The summed E-state index contributed by atoms with van der Waals surface area (Å²) in [5.41, 5.74) is 0.939. The third kappa shape index (κ3) is 2.97. The van der Waals surface area contributed by atoms with Gasteiger partial charge in [0.1, 0.15) is 5.82 Å². The summed E-state index contributed by atoms with van der Waals surface area (Å²) in [7, 11) is -3.54. The number of sulfonamides is 1. The fourth-order valence-corrected chi connectivity index (χ4v) is 1.82. The third-order valence-electron chi connectivity index (χ3n) is 2.43. The minimum atomic E-state index is -3.54. The quantitative estimate of drug-likeness (QED) is 0.820. The van der Waals surface area contributed by atoms with Crippen molar-refractivity contribution in [1.82, 2.24) is 9.97 Å². The molecule has 1 aromatic rings. The van der Waals surface area contributed by atoms with Gasteiger partial charge in [0.25, 0.3) is 0 Å². The van der Waals surface area contributed by atoms with E-state index in [9.17, 15) is 8.42 Å². The smallest absolute Gasteiger partial charge is 0.212 e. The van der Waals surface area contributed by atoms with Crippen LogP contribution in [0.2, 0.25) is 0 Å². The molecule has 0 saturated heterocycles. The van der Waals surface area contributed by atoms with E-state index in [0.29, 0.717) is 5.82 Å². The van der Waals surface area contributed by atoms with Gasteiger partial charge in [-0.1, -0.05) is 6.92 Å². The van der Waals surface area contributed by atoms with Crippen molar-refractivity contribution in [3.05, 3.63) is 23.8 Å². The number of nitrogens with two attached hydrogens (primary N) is 1. The summed E-state index contributed by atoms with van der Waals surface area (Å²) in [6.45, 7) is 5.18. The van der Waals surface area contributed by atoms with E-state index >= 15 is 0 Å². The van der Waals surface area contributed by atoms with Crippen LogP contribution in [-0.2, 0) is 10.0 Å². The number of aromatic nitrogens is 2. The van der Waals surface area contributed by atoms with Gasteiger partial charge in [-0.05, 0) is 19.4 Å². The molecule has 0 bridgehead atoms. The Morgan fingerprint density at radius 2 is 1.73 bits per heavy atom. The minimum absolute atomic E-state index is 0.305. The van der Waals surface area contributed by atoms with Crippen molar-refractivity contribution in [1.29, 1.82) is 0 Å². The monoisotopic (exact) mass is 229 g/mol. The van der Waals surface area contributed by atoms with Gasteiger partial charge in [-0.15, -0.1) is 0 Å². The first-order chi connectivity index (χ1) is 6.82. The van der Waals surface area contributed by atoms with Gasteiger partial charge in [0, 0.05) is 18.3 Å². The second-order valence-electron chi connectivity index (χ2n) is 3.70. The lowest BCUT2D eigenvalue weighted by Crippen LogP contribution is -2.31. The molecule has 0 aliphatic carbocycles. The lowest BCUT2D eigenvalue weighted by atomic mass is 10.1. The molecule has 1 rings (SSSR count). The van der Waals surface area contributed by atoms with Crippen LogP contribution >= 0.6 is 0 Å². The van der Waals surface area contributed by atoms with Crippen LogP contribution in [0, 0.1) is 6.92 Å². The zero-order valence-electron chi connectivity index (χ0n) is 9.01. The van der Waals surface area contributed by atoms with Crippen molar-refractivity contribution in [2.45, 2.75) is 31.9 Å². The highest BCUT2D eigenvalue weighted by Crippen LogP contribution is 2.18. The van der Waals surface area contributed by atoms with Gasteiger partial charge in [-0.2, -0.15) is 0 Å². The Balaban J connectivity index is 2.95. The van der Waals surface area contributed by atoms with Gasteiger partial charge in [0.2, 0.25) is 10.0 Å². The van der Waals surface area contributed by atoms with E-state index in [-0.39, 0.29) is 5.92 Å². The highest BCUT2D eigenvalue weighted by atomic mass is 32.2. The molecule has 6 heteroatoms. The summed E-state index contributed by atoms with van der Waals surface area (Å²) >= 11 is 0. The lowest BCUT2D eigenvalue weighted by Gasteiger charge is -2.16. The summed E-state index contributed by atoms with van der Waals surface area (Å²) in [4.78, 5) is 8.16. The van der Waals surface area contributed by atoms with Crippen molar-refractivity contribution in [2.24, 2.45) is 5.14 Å². The van der Waals surface area contributed by atoms with Crippen LogP contribution in [0.25, 0.3) is 0 Å². The van der Waals surface area contributed by atoms with E-state index in [1.54, 1.807) is 26.2 Å². The zero-order chi connectivity index (χ0) is 11.6. The van der Waals surface area contributed by atoms with Crippen molar-refractivity contribution < 1.29 is 8.42 Å². The SMILES string of the molecule is Cc1cnc([C@H](C)[C@H](C)S(N)(=O)=O)nc1. The highest BCUT2D eigenvalue weighted by Gasteiger charge is 2.25. The normalized spacial score (nSPS) is 16.0. The van der Waals surface area contributed by atoms with Gasteiger partial charge in [-0.3, -0.25) is 0 Å². The van der Waals surface area contributed by atoms with Crippen molar-refractivity contribution in [2.75, 3.05) is 0 Å². The number of nitrogens with zero attached hydrogens (tertiary/aromatic N) is 2. The molecule has 15 heavy (non-hydrogen) atoms. The molecule has 2 N–H and O–H groups in total. The molecule has 0 aromatic carbocycles. The van der Waals surface area contributed by atoms with Crippen molar-refractivity contribution >= 4 is 10.0 Å². The lowest BCUT2D eigenvalue weighted by molar-refractivity contribution is 0.564. The number of aryl methyl sites for hydroxylation is 1. The van der Waals surface area contributed by atoms with Crippen LogP contribution in [0.1, 0.15) is 31.2 Å². The second-order valence-corrected chi connectivity index (χ2v) is 5.62. The molecule has 1 aromatic heterocycles. The molecular weight excluding hydrogens is 214 g/mol. The first-order valence-electron chi connectivity index (χ1n) is 4.62. The molecule has 0 aliphatic rings. The van der Waals surface area contributed by atoms with Crippen LogP contribution in [-0.4, -0.2) is 23.6 Å². The van der Waals surface area contributed by atoms with Crippen molar-refractivity contribution in [3.63, 3.8) is 0 Å². The third-order valence-corrected chi connectivity index (χ3v) is 3.88. The summed E-state index contributed by atoms with van der Waals surface area (Å²) < 4.78 is 22.3. The topological polar surface area (TPSA) is 85.9 Å². The summed E-state index contributed by atoms with van der Waals surface area (Å²) in [6, 6.07) is 0. The number of hydrogen-bond acceptors (Lipinski definition) is 4. The summed E-state index contributed by atoms with van der Waals surface area (Å²) in [5.74, 6) is 0.197. The van der Waals surface area contributed by atoms with E-state index in [2.05, 4.69) is 9.97 Å². The maximum atomic E-state index is 11.1. The molecule has 0 spiro atoms. The molecule has 0 unspecified atom stereocenters. The van der Waals surface area contributed by atoms with E-state index in [1.165, 1.54) is 0 Å². The first-order valence-corrected chi connectivity index (χ1v) is 6.23. The minimum Gasteiger partial charge on any atom is -0.241 e. The van der Waals surface area contributed by atoms with Crippen LogP contribution in [0.3, 0.4) is 0 Å². The number of hydrogen-bond donors (Lipinski definition) is 1. The Morgan fingerprint density at radius 3 is 2.13 bits per heavy atom. The standard InChI is InChI=1S/C9H15N3O2S/c1-6-4-11-9(12-5-6)7(2)8(3)15(10,13)14/h4-5,7-8H,1-3H3,(H2,10,13,14)/t7-,8+/m1/s1. The van der Waals surface area contributed by atoms with Gasteiger partial charge < -0.3 is 0 Å². The molecule has 0 amide bonds. The zero-order valence-corrected chi connectivity index (χ0v) is 9.82. The van der Waals surface area contributed by atoms with Gasteiger partial charge in [0.15, 0.2) is 0 Å². The van der Waals surface area contributed by atoms with Crippen LogP contribution in [0.4, 0.5) is 0 Å². The van der Waals surface area contributed by atoms with Gasteiger partial charge in [-0.25, -0.2) is 23.5 Å². The molecule has 1 heterocycles. The number of primary sulfonamides is 1. The molecule has 2 atom stereocenters. The molecule has 0 radical (unpaired) electrons. The Hall–Kier alpha value is -1.01. The fraction of sp³-hybridized carbons (Fsp3) is 0.556. The summed E-state index contributed by atoms with van der Waals surface area (Å²) in [5, 5.41) is 4.38. The Kier molecular flexibility index (Phi) is 3.41. The maximum Gasteiger partial charge on any atom is 0.212 e. The van der Waals surface area contributed by atoms with E-state index in [4.69, 9.17) is 5.14 Å². The highest BCUT2D eigenvalue weighted by molar-refractivity contribution is 7.89. The van der Waals surface area contributed by atoms with Crippen LogP contribution in [0.5, 0.6) is 0 Å². The van der Waals surface area contributed by atoms with Crippen molar-refractivity contribution in [3.8, 4) is 0 Å². The predicted molar refractivity (Wildman–Crippen MR) is 57.8 cm³/mol. The Labute approximate surface area is 89.8 Å². The molecule has 5 nitrogen and oxygen atoms in total. The largest absolute Gasteiger partial charge is 0.241 e. The van der Waals surface area contributed by atoms with E-state index in [0.717, 1.165) is 5.56 Å². The van der Waals surface area contributed by atoms with Crippen LogP contribution < -0.4 is 5.14 Å². The van der Waals surface area contributed by atoms with Crippen LogP contribution in [0.15, 0.2) is 12.4 Å². The Bertz CT molecular complexity index is 427. The Morgan fingerprint density at radius 1 is 1.27 bits per heavy atom.